The summed E-state index contributed by atoms with van der Waals surface area (Å²) >= 11 is 7.05. The topological polar surface area (TPSA) is 67.2 Å². The number of hydrogen-bond donors (Lipinski definition) is 1. The third kappa shape index (κ3) is 5.30. The molecule has 0 saturated heterocycles. The molecular weight excluding hydrogens is 339 g/mol. The van der Waals surface area contributed by atoms with Crippen LogP contribution in [0.2, 0.25) is 5.02 Å². The molecule has 2 rings (SSSR count). The zero-order chi connectivity index (χ0) is 16.8. The molecule has 120 valence electrons. The van der Waals surface area contributed by atoms with Gasteiger partial charge in [0.2, 0.25) is 0 Å². The minimum atomic E-state index is -0.506. The first kappa shape index (κ1) is 17.4. The molecule has 0 aliphatic carbocycles. The van der Waals surface area contributed by atoms with Crippen molar-refractivity contribution < 1.29 is 9.18 Å². The van der Waals surface area contributed by atoms with Gasteiger partial charge >= 0.3 is 0 Å². The van der Waals surface area contributed by atoms with Gasteiger partial charge in [0.1, 0.15) is 5.82 Å². The van der Waals surface area contributed by atoms with Gasteiger partial charge in [0.05, 0.1) is 17.0 Å². The Kier molecular flexibility index (Phi) is 6.06. The second kappa shape index (κ2) is 8.03. The smallest absolute Gasteiger partial charge is 0.250 e. The number of aromatic nitrogens is 2. The Morgan fingerprint density at radius 3 is 2.74 bits per heavy atom. The number of nitrogens with one attached hydrogen (secondary N) is 1. The third-order valence-corrected chi connectivity index (χ3v) is 3.85. The van der Waals surface area contributed by atoms with Gasteiger partial charge in [-0.3, -0.25) is 4.79 Å². The highest BCUT2D eigenvalue weighted by Crippen LogP contribution is 2.16. The molecule has 0 saturated carbocycles. The van der Waals surface area contributed by atoms with Gasteiger partial charge < -0.3 is 0 Å². The van der Waals surface area contributed by atoms with Gasteiger partial charge in [-0.25, -0.2) is 19.8 Å². The van der Waals surface area contributed by atoms with E-state index in [1.807, 2.05) is 19.9 Å². The normalized spacial score (nSPS) is 11.0. The Balaban J connectivity index is 1.89. The Hall–Kier alpha value is -1.99. The van der Waals surface area contributed by atoms with E-state index in [1.165, 1.54) is 30.1 Å². The van der Waals surface area contributed by atoms with Crippen LogP contribution in [0, 0.1) is 19.7 Å². The van der Waals surface area contributed by atoms with Crippen LogP contribution in [0.3, 0.4) is 0 Å². The van der Waals surface area contributed by atoms with E-state index in [-0.39, 0.29) is 22.2 Å². The number of hydrogen-bond acceptors (Lipinski definition) is 5. The summed E-state index contributed by atoms with van der Waals surface area (Å²) in [6.07, 6.45) is 1.17. The number of hydrazone groups is 1. The summed E-state index contributed by atoms with van der Waals surface area (Å²) in [5.41, 5.74) is 4.12. The zero-order valence-corrected chi connectivity index (χ0v) is 14.1. The van der Waals surface area contributed by atoms with Crippen molar-refractivity contribution in [1.82, 2.24) is 15.4 Å². The highest BCUT2D eigenvalue weighted by atomic mass is 35.5. The largest absolute Gasteiger partial charge is 0.272 e. The average Bonchev–Trinajstić information content (AvgIpc) is 2.47. The summed E-state index contributed by atoms with van der Waals surface area (Å²) in [4.78, 5) is 20.2. The standard InChI is InChI=1S/C15H14ClFN4OS/c1-9-6-10(2)20-15(19-9)23-8-14(22)21-18-7-11-12(16)4-3-5-13(11)17/h3-7H,8H2,1-2H3,(H,21,22)/b18-7+. The van der Waals surface area contributed by atoms with Crippen molar-refractivity contribution in [1.29, 1.82) is 0 Å². The van der Waals surface area contributed by atoms with Crippen LogP contribution >= 0.6 is 23.4 Å². The van der Waals surface area contributed by atoms with E-state index in [0.29, 0.717) is 5.16 Å². The Morgan fingerprint density at radius 1 is 1.39 bits per heavy atom. The fraction of sp³-hybridized carbons (Fsp3) is 0.200. The number of thioether (sulfide) groups is 1. The lowest BCUT2D eigenvalue weighted by atomic mass is 10.2. The van der Waals surface area contributed by atoms with E-state index in [1.54, 1.807) is 6.07 Å². The summed E-state index contributed by atoms with van der Waals surface area (Å²) in [6.45, 7) is 3.72. The van der Waals surface area contributed by atoms with E-state index >= 15 is 0 Å². The Morgan fingerprint density at radius 2 is 2.09 bits per heavy atom. The number of carbonyl (C=O) groups is 1. The van der Waals surface area contributed by atoms with Crippen molar-refractivity contribution in [2.75, 3.05) is 5.75 Å². The lowest BCUT2D eigenvalue weighted by molar-refractivity contribution is -0.118. The molecule has 0 unspecified atom stereocenters. The van der Waals surface area contributed by atoms with E-state index in [0.717, 1.165) is 11.4 Å². The van der Waals surface area contributed by atoms with E-state index < -0.39 is 5.82 Å². The molecule has 0 atom stereocenters. The van der Waals surface area contributed by atoms with Crippen LogP contribution < -0.4 is 5.43 Å². The molecule has 0 aliphatic rings. The van der Waals surface area contributed by atoms with Crippen LogP contribution in [0.1, 0.15) is 17.0 Å². The van der Waals surface area contributed by atoms with Crippen LogP contribution in [0.4, 0.5) is 4.39 Å². The minimum Gasteiger partial charge on any atom is -0.272 e. The molecule has 0 bridgehead atoms. The summed E-state index contributed by atoms with van der Waals surface area (Å²) in [7, 11) is 0. The fourth-order valence-electron chi connectivity index (χ4n) is 1.72. The molecule has 1 N–H and O–H groups in total. The predicted octanol–water partition coefficient (Wildman–Crippen LogP) is 3.13. The monoisotopic (exact) mass is 352 g/mol. The third-order valence-electron chi connectivity index (χ3n) is 2.68. The number of benzene rings is 1. The molecule has 1 aromatic carbocycles. The Labute approximate surface area is 142 Å². The van der Waals surface area contributed by atoms with Crippen molar-refractivity contribution in [3.8, 4) is 0 Å². The SMILES string of the molecule is Cc1cc(C)nc(SCC(=O)N/N=C/c2c(F)cccc2Cl)n1. The summed E-state index contributed by atoms with van der Waals surface area (Å²) in [5.74, 6) is -0.749. The van der Waals surface area contributed by atoms with Gasteiger partial charge in [-0.05, 0) is 32.0 Å². The van der Waals surface area contributed by atoms with Crippen LogP contribution in [0.25, 0.3) is 0 Å². The molecule has 1 amide bonds. The number of amides is 1. The van der Waals surface area contributed by atoms with Crippen molar-refractivity contribution in [2.45, 2.75) is 19.0 Å². The number of aryl methyl sites for hydroxylation is 2. The van der Waals surface area contributed by atoms with Gasteiger partial charge in [-0.15, -0.1) is 0 Å². The maximum atomic E-state index is 13.5. The fourth-order valence-corrected chi connectivity index (χ4v) is 2.68. The first-order valence-corrected chi connectivity index (χ1v) is 8.03. The molecule has 0 aliphatic heterocycles. The van der Waals surface area contributed by atoms with Crippen molar-refractivity contribution in [3.05, 3.63) is 52.1 Å². The van der Waals surface area contributed by atoms with Gasteiger partial charge in [0.15, 0.2) is 5.16 Å². The number of rotatable bonds is 5. The first-order chi connectivity index (χ1) is 11.0. The van der Waals surface area contributed by atoms with Gasteiger partial charge in [-0.2, -0.15) is 5.10 Å². The number of nitrogens with zero attached hydrogens (tertiary/aromatic N) is 3. The molecule has 1 aromatic heterocycles. The Bertz CT molecular complexity index is 714. The maximum Gasteiger partial charge on any atom is 0.250 e. The van der Waals surface area contributed by atoms with Crippen LogP contribution in [0.15, 0.2) is 34.5 Å². The lowest BCUT2D eigenvalue weighted by Crippen LogP contribution is -2.20. The van der Waals surface area contributed by atoms with Gasteiger partial charge in [-0.1, -0.05) is 29.4 Å². The minimum absolute atomic E-state index is 0.102. The predicted molar refractivity (Wildman–Crippen MR) is 89.4 cm³/mol. The summed E-state index contributed by atoms with van der Waals surface area (Å²) < 4.78 is 13.5. The molecule has 23 heavy (non-hydrogen) atoms. The molecule has 0 radical (unpaired) electrons. The molecule has 0 spiro atoms. The van der Waals surface area contributed by atoms with Gasteiger partial charge in [0, 0.05) is 17.0 Å². The number of carbonyl (C=O) groups excluding carboxylic acids is 1. The molecular formula is C15H14ClFN4OS. The second-order valence-electron chi connectivity index (χ2n) is 4.65. The quantitative estimate of drug-likeness (QED) is 0.388. The lowest BCUT2D eigenvalue weighted by Gasteiger charge is -2.02. The average molecular weight is 353 g/mol. The second-order valence-corrected chi connectivity index (χ2v) is 6.00. The van der Waals surface area contributed by atoms with Crippen molar-refractivity contribution in [3.63, 3.8) is 0 Å². The van der Waals surface area contributed by atoms with E-state index in [2.05, 4.69) is 20.5 Å². The van der Waals surface area contributed by atoms with Crippen LogP contribution in [-0.4, -0.2) is 27.8 Å². The highest BCUT2D eigenvalue weighted by molar-refractivity contribution is 7.99. The van der Waals surface area contributed by atoms with Gasteiger partial charge in [0.25, 0.3) is 5.91 Å². The first-order valence-electron chi connectivity index (χ1n) is 6.66. The summed E-state index contributed by atoms with van der Waals surface area (Å²) in [6, 6.07) is 6.16. The number of halogens is 2. The molecule has 1 heterocycles. The van der Waals surface area contributed by atoms with Crippen LogP contribution in [0.5, 0.6) is 0 Å². The molecule has 5 nitrogen and oxygen atoms in total. The van der Waals surface area contributed by atoms with E-state index in [4.69, 9.17) is 11.6 Å². The van der Waals surface area contributed by atoms with Crippen molar-refractivity contribution >= 4 is 35.5 Å². The van der Waals surface area contributed by atoms with E-state index in [9.17, 15) is 9.18 Å². The molecule has 2 aromatic rings. The van der Waals surface area contributed by atoms with Crippen LogP contribution in [-0.2, 0) is 4.79 Å². The zero-order valence-electron chi connectivity index (χ0n) is 12.5. The molecule has 0 fully saturated rings. The maximum absolute atomic E-state index is 13.5. The summed E-state index contributed by atoms with van der Waals surface area (Å²) in [5, 5.41) is 4.46. The molecule has 8 heteroatoms. The van der Waals surface area contributed by atoms with Crippen molar-refractivity contribution in [2.24, 2.45) is 5.10 Å². The highest BCUT2D eigenvalue weighted by Gasteiger charge is 2.06.